The molecule has 1 saturated carbocycles. The highest BCUT2D eigenvalue weighted by Crippen LogP contribution is 2.40. The van der Waals surface area contributed by atoms with Crippen LogP contribution >= 0.6 is 11.3 Å². The highest BCUT2D eigenvalue weighted by Gasteiger charge is 2.48. The summed E-state index contributed by atoms with van der Waals surface area (Å²) in [5, 5.41) is 2.90. The summed E-state index contributed by atoms with van der Waals surface area (Å²) in [4.78, 5) is 27.9. The first-order valence-electron chi connectivity index (χ1n) is 10.5. The second kappa shape index (κ2) is 9.94. The number of aryl methyl sites for hydroxylation is 2. The molecule has 1 aliphatic rings. The summed E-state index contributed by atoms with van der Waals surface area (Å²) in [5.74, 6) is -2.66. The summed E-state index contributed by atoms with van der Waals surface area (Å²) in [5.41, 5.74) is 0.541. The lowest BCUT2D eigenvalue weighted by Crippen LogP contribution is -2.50. The van der Waals surface area contributed by atoms with Crippen LogP contribution in [0.3, 0.4) is 0 Å². The van der Waals surface area contributed by atoms with Crippen LogP contribution in [0.2, 0.25) is 0 Å². The highest BCUT2D eigenvalue weighted by molar-refractivity contribution is 7.12. The molecule has 5 nitrogen and oxygen atoms in total. The van der Waals surface area contributed by atoms with E-state index in [1.54, 1.807) is 32.0 Å². The fourth-order valence-corrected chi connectivity index (χ4v) is 4.96. The average Bonchev–Trinajstić information content (AvgIpc) is 3.17. The number of carbonyl (C=O) groups excluding carboxylic acids is 2. The normalized spacial score (nSPS) is 15.8. The van der Waals surface area contributed by atoms with Crippen molar-refractivity contribution in [1.29, 1.82) is 0 Å². The number of amides is 2. The molecule has 9 heteroatoms. The molecule has 32 heavy (non-hydrogen) atoms. The minimum atomic E-state index is -5.18. The molecule has 174 valence electrons. The molecule has 1 aromatic carbocycles. The van der Waals surface area contributed by atoms with E-state index >= 15 is 0 Å². The van der Waals surface area contributed by atoms with Crippen molar-refractivity contribution in [2.75, 3.05) is 12.0 Å². The Labute approximate surface area is 189 Å². The van der Waals surface area contributed by atoms with Crippen molar-refractivity contribution in [3.63, 3.8) is 0 Å². The van der Waals surface area contributed by atoms with Crippen molar-refractivity contribution in [3.05, 3.63) is 45.6 Å². The van der Waals surface area contributed by atoms with E-state index in [0.29, 0.717) is 15.3 Å². The second-order valence-corrected chi connectivity index (χ2v) is 9.36. The Morgan fingerprint density at radius 1 is 1.12 bits per heavy atom. The molecule has 2 aromatic rings. The summed E-state index contributed by atoms with van der Waals surface area (Å²) < 4.78 is 46.6. The molecule has 0 radical (unpaired) electrons. The number of nitrogens with one attached hydrogen (secondary N) is 1. The van der Waals surface area contributed by atoms with E-state index in [0.717, 1.165) is 37.0 Å². The molecule has 1 N–H and O–H groups in total. The standard InChI is InChI=1S/C23H27F3N2O3S/c1-14-9-11-18(31-3)17(13-14)28(22(30)23(24,25)26)20(19-12-10-15(2)32-19)21(29)27-16-7-5-4-6-8-16/h9-13,16,20H,4-8H2,1-3H3,(H,27,29)/t20-/m0/s1. The lowest BCUT2D eigenvalue weighted by Gasteiger charge is -2.33. The molecule has 1 aromatic heterocycles. The van der Waals surface area contributed by atoms with Gasteiger partial charge in [-0.15, -0.1) is 11.3 Å². The molecular weight excluding hydrogens is 441 g/mol. The number of benzene rings is 1. The summed E-state index contributed by atoms with van der Waals surface area (Å²) in [6.45, 7) is 3.50. The van der Waals surface area contributed by atoms with Crippen molar-refractivity contribution >= 4 is 28.8 Å². The highest BCUT2D eigenvalue weighted by atomic mass is 32.1. The molecular formula is C23H27F3N2O3S. The van der Waals surface area contributed by atoms with E-state index in [2.05, 4.69) is 5.32 Å². The Hall–Kier alpha value is -2.55. The third-order valence-electron chi connectivity index (χ3n) is 5.54. The first-order chi connectivity index (χ1) is 15.1. The van der Waals surface area contributed by atoms with Gasteiger partial charge >= 0.3 is 12.1 Å². The predicted octanol–water partition coefficient (Wildman–Crippen LogP) is 5.46. The minimum Gasteiger partial charge on any atom is -0.495 e. The molecule has 0 spiro atoms. The Morgan fingerprint density at radius 3 is 2.38 bits per heavy atom. The lowest BCUT2D eigenvalue weighted by atomic mass is 9.95. The van der Waals surface area contributed by atoms with Crippen molar-refractivity contribution in [2.24, 2.45) is 0 Å². The topological polar surface area (TPSA) is 58.6 Å². The third-order valence-corrected chi connectivity index (χ3v) is 6.60. The van der Waals surface area contributed by atoms with Gasteiger partial charge in [0.25, 0.3) is 0 Å². The van der Waals surface area contributed by atoms with Crippen LogP contribution in [0.4, 0.5) is 18.9 Å². The Balaban J connectivity index is 2.13. The van der Waals surface area contributed by atoms with E-state index in [-0.39, 0.29) is 17.5 Å². The Bertz CT molecular complexity index is 968. The molecule has 0 bridgehead atoms. The Kier molecular flexibility index (Phi) is 7.48. The molecule has 1 heterocycles. The van der Waals surface area contributed by atoms with E-state index in [1.165, 1.54) is 30.6 Å². The fraction of sp³-hybridized carbons (Fsp3) is 0.478. The first-order valence-corrected chi connectivity index (χ1v) is 11.3. The van der Waals surface area contributed by atoms with Gasteiger partial charge in [0.2, 0.25) is 5.91 Å². The molecule has 3 rings (SSSR count). The number of hydrogen-bond acceptors (Lipinski definition) is 4. The van der Waals surface area contributed by atoms with Crippen LogP contribution in [-0.2, 0) is 9.59 Å². The Morgan fingerprint density at radius 2 is 1.81 bits per heavy atom. The first kappa shape index (κ1) is 24.1. The minimum absolute atomic E-state index is 0.0805. The van der Waals surface area contributed by atoms with Gasteiger partial charge in [0, 0.05) is 15.8 Å². The number of hydrogen-bond donors (Lipinski definition) is 1. The average molecular weight is 469 g/mol. The van der Waals surface area contributed by atoms with E-state index in [4.69, 9.17) is 4.74 Å². The molecule has 0 unspecified atom stereocenters. The summed E-state index contributed by atoms with van der Waals surface area (Å²) in [6.07, 6.45) is -0.676. The number of carbonyl (C=O) groups is 2. The quantitative estimate of drug-likeness (QED) is 0.613. The number of halogens is 3. The fourth-order valence-electron chi connectivity index (χ4n) is 3.99. The maximum absolute atomic E-state index is 13.8. The predicted molar refractivity (Wildman–Crippen MR) is 118 cm³/mol. The van der Waals surface area contributed by atoms with Crippen molar-refractivity contribution in [2.45, 2.75) is 64.2 Å². The molecule has 2 amide bonds. The lowest BCUT2D eigenvalue weighted by molar-refractivity contribution is -0.171. The van der Waals surface area contributed by atoms with Gasteiger partial charge in [0.05, 0.1) is 12.8 Å². The van der Waals surface area contributed by atoms with Gasteiger partial charge in [-0.2, -0.15) is 13.2 Å². The van der Waals surface area contributed by atoms with Gasteiger partial charge in [0.15, 0.2) is 6.04 Å². The molecule has 1 aliphatic carbocycles. The third kappa shape index (κ3) is 5.43. The number of methoxy groups -OCH3 is 1. The van der Waals surface area contributed by atoms with Crippen LogP contribution in [0.15, 0.2) is 30.3 Å². The zero-order valence-electron chi connectivity index (χ0n) is 18.3. The van der Waals surface area contributed by atoms with Gasteiger partial charge in [0.1, 0.15) is 5.75 Å². The second-order valence-electron chi connectivity index (χ2n) is 8.04. The van der Waals surface area contributed by atoms with Gasteiger partial charge in [-0.3, -0.25) is 14.5 Å². The monoisotopic (exact) mass is 468 g/mol. The van der Waals surface area contributed by atoms with Gasteiger partial charge in [-0.25, -0.2) is 0 Å². The smallest absolute Gasteiger partial charge is 0.471 e. The SMILES string of the molecule is COc1ccc(C)cc1N(C(=O)C(F)(F)F)[C@H](C(=O)NC1CCCCC1)c1ccc(C)s1. The van der Waals surface area contributed by atoms with Crippen molar-refractivity contribution in [1.82, 2.24) is 5.32 Å². The molecule has 0 saturated heterocycles. The van der Waals surface area contributed by atoms with Crippen molar-refractivity contribution < 1.29 is 27.5 Å². The number of nitrogens with zero attached hydrogens (tertiary/aromatic N) is 1. The van der Waals surface area contributed by atoms with Crippen molar-refractivity contribution in [3.8, 4) is 5.75 Å². The van der Waals surface area contributed by atoms with Gasteiger partial charge in [-0.1, -0.05) is 25.3 Å². The van der Waals surface area contributed by atoms with Crippen LogP contribution in [0.25, 0.3) is 0 Å². The number of thiophene rings is 1. The van der Waals surface area contributed by atoms with Gasteiger partial charge in [-0.05, 0) is 56.5 Å². The summed E-state index contributed by atoms with van der Waals surface area (Å²) in [7, 11) is 1.32. The molecule has 1 fully saturated rings. The maximum atomic E-state index is 13.8. The molecule has 0 aliphatic heterocycles. The largest absolute Gasteiger partial charge is 0.495 e. The van der Waals surface area contributed by atoms with Crippen LogP contribution in [0.5, 0.6) is 5.75 Å². The van der Waals surface area contributed by atoms with Crippen LogP contribution in [0, 0.1) is 13.8 Å². The molecule has 1 atom stereocenters. The number of anilines is 1. The van der Waals surface area contributed by atoms with Crippen LogP contribution < -0.4 is 15.0 Å². The number of alkyl halides is 3. The van der Waals surface area contributed by atoms with E-state index in [9.17, 15) is 22.8 Å². The maximum Gasteiger partial charge on any atom is 0.471 e. The van der Waals surface area contributed by atoms with E-state index in [1.807, 2.05) is 0 Å². The number of rotatable bonds is 6. The zero-order valence-corrected chi connectivity index (χ0v) is 19.1. The zero-order chi connectivity index (χ0) is 23.5. The van der Waals surface area contributed by atoms with Crippen LogP contribution in [-0.4, -0.2) is 31.1 Å². The summed E-state index contributed by atoms with van der Waals surface area (Å²) >= 11 is 1.19. The summed E-state index contributed by atoms with van der Waals surface area (Å²) in [6, 6.07) is 6.34. The van der Waals surface area contributed by atoms with E-state index < -0.39 is 24.0 Å². The number of ether oxygens (including phenoxy) is 1. The van der Waals surface area contributed by atoms with Gasteiger partial charge < -0.3 is 10.1 Å². The van der Waals surface area contributed by atoms with Crippen LogP contribution in [0.1, 0.15) is 53.5 Å².